The lowest BCUT2D eigenvalue weighted by Gasteiger charge is -2.26. The van der Waals surface area contributed by atoms with E-state index in [1.54, 1.807) is 0 Å². The quantitative estimate of drug-likeness (QED) is 0.176. The number of fused-ring (bicyclic) bond motifs is 18. The molecule has 4 aromatic heterocycles. The number of hydrogen-bond donors (Lipinski definition) is 0. The van der Waals surface area contributed by atoms with Crippen molar-refractivity contribution in [2.45, 2.75) is 0 Å². The van der Waals surface area contributed by atoms with Crippen LogP contribution in [0.2, 0.25) is 0 Å². The van der Waals surface area contributed by atoms with Gasteiger partial charge in [-0.3, -0.25) is 0 Å². The highest BCUT2D eigenvalue weighted by atomic mass is 16.4. The van der Waals surface area contributed by atoms with Crippen molar-refractivity contribution in [2.75, 3.05) is 4.90 Å². The van der Waals surface area contributed by atoms with Crippen molar-refractivity contribution in [1.82, 2.24) is 0 Å². The van der Waals surface area contributed by atoms with Gasteiger partial charge in [-0.2, -0.15) is 0 Å². The van der Waals surface area contributed by atoms with Gasteiger partial charge in [-0.1, -0.05) is 103 Å². The number of rotatable bonds is 4. The third-order valence-electron chi connectivity index (χ3n) is 14.5. The molecular weight excluding hydrogens is 847 g/mol. The molecule has 0 aliphatic heterocycles. The lowest BCUT2D eigenvalue weighted by Crippen LogP contribution is -2.09. The van der Waals surface area contributed by atoms with Crippen LogP contribution in [0.3, 0.4) is 0 Å². The van der Waals surface area contributed by atoms with Crippen molar-refractivity contribution in [3.8, 4) is 11.1 Å². The molecule has 0 bridgehead atoms. The second-order valence-electron chi connectivity index (χ2n) is 18.4. The topological polar surface area (TPSA) is 55.8 Å². The second kappa shape index (κ2) is 13.6. The average molecular weight is 882 g/mol. The molecule has 0 fully saturated rings. The Morgan fingerprint density at radius 1 is 0.232 bits per heavy atom. The van der Waals surface area contributed by atoms with Gasteiger partial charge in [0.15, 0.2) is 0 Å². The lowest BCUT2D eigenvalue weighted by molar-refractivity contribution is 0.662. The van der Waals surface area contributed by atoms with E-state index in [9.17, 15) is 0 Å². The summed E-state index contributed by atoms with van der Waals surface area (Å²) in [5.41, 5.74) is 12.2. The maximum absolute atomic E-state index is 6.67. The first-order valence-electron chi connectivity index (χ1n) is 23.4. The summed E-state index contributed by atoms with van der Waals surface area (Å²) in [6, 6.07) is 75.7. The average Bonchev–Trinajstić information content (AvgIpc) is 4.15. The van der Waals surface area contributed by atoms with Crippen LogP contribution in [0.5, 0.6) is 0 Å². The van der Waals surface area contributed by atoms with Crippen molar-refractivity contribution < 1.29 is 17.7 Å². The van der Waals surface area contributed by atoms with Crippen molar-refractivity contribution in [3.05, 3.63) is 212 Å². The van der Waals surface area contributed by atoms with Crippen LogP contribution in [0, 0.1) is 0 Å². The minimum atomic E-state index is 0.808. The van der Waals surface area contributed by atoms with E-state index in [1.807, 2.05) is 0 Å². The summed E-state index contributed by atoms with van der Waals surface area (Å²) in [6.07, 6.45) is 0. The SMILES string of the molecule is c1ccc(-c2ccc(N(c3ccc4cc5c(cc4c3)oc3ccc4c6cc7ccccc7cc6oc4c35)c3ccc4cc5c(cc4c3)oc3ccc4c6cc7ccccc7cc6oc4c35)cc2)cc1. The highest BCUT2D eigenvalue weighted by molar-refractivity contribution is 6.26. The van der Waals surface area contributed by atoms with E-state index in [1.165, 1.54) is 16.3 Å². The normalized spacial score (nSPS) is 12.3. The van der Waals surface area contributed by atoms with Crippen LogP contribution in [-0.2, 0) is 0 Å². The molecule has 0 radical (unpaired) electrons. The van der Waals surface area contributed by atoms with Gasteiger partial charge in [0, 0.05) is 49.4 Å². The van der Waals surface area contributed by atoms with E-state index in [2.05, 4.69) is 217 Å². The zero-order valence-corrected chi connectivity index (χ0v) is 36.8. The van der Waals surface area contributed by atoms with Crippen molar-refractivity contribution in [3.63, 3.8) is 0 Å². The summed E-state index contributed by atoms with van der Waals surface area (Å²) in [6.45, 7) is 0. The fraction of sp³-hybridized carbons (Fsp3) is 0. The Labute approximate surface area is 392 Å². The number of furan rings is 4. The summed E-state index contributed by atoms with van der Waals surface area (Å²) in [5, 5.41) is 17.5. The Hall–Kier alpha value is -9.32. The fourth-order valence-corrected chi connectivity index (χ4v) is 11.2. The summed E-state index contributed by atoms with van der Waals surface area (Å²) in [4.78, 5) is 2.34. The zero-order valence-electron chi connectivity index (χ0n) is 36.8. The minimum absolute atomic E-state index is 0.808. The van der Waals surface area contributed by atoms with Crippen LogP contribution in [-0.4, -0.2) is 0 Å². The molecule has 12 aromatic carbocycles. The van der Waals surface area contributed by atoms with E-state index >= 15 is 0 Å². The lowest BCUT2D eigenvalue weighted by atomic mass is 10.0. The molecule has 16 aromatic rings. The first-order chi connectivity index (χ1) is 34.1. The largest absolute Gasteiger partial charge is 0.456 e. The van der Waals surface area contributed by atoms with E-state index in [-0.39, 0.29) is 0 Å². The first-order valence-corrected chi connectivity index (χ1v) is 23.4. The van der Waals surface area contributed by atoms with Gasteiger partial charge in [-0.25, -0.2) is 0 Å². The number of benzene rings is 12. The van der Waals surface area contributed by atoms with Gasteiger partial charge in [-0.05, 0) is 163 Å². The molecule has 0 aliphatic carbocycles. The maximum atomic E-state index is 6.67. The molecule has 0 spiro atoms. The van der Waals surface area contributed by atoms with Gasteiger partial charge >= 0.3 is 0 Å². The van der Waals surface area contributed by atoms with Crippen LogP contribution < -0.4 is 4.90 Å². The molecule has 5 heteroatoms. The molecule has 4 heterocycles. The van der Waals surface area contributed by atoms with Crippen LogP contribution in [0.25, 0.3) is 142 Å². The zero-order chi connectivity index (χ0) is 44.9. The Morgan fingerprint density at radius 2 is 0.623 bits per heavy atom. The van der Waals surface area contributed by atoms with Gasteiger partial charge in [-0.15, -0.1) is 0 Å². The molecule has 0 N–H and O–H groups in total. The third-order valence-corrected chi connectivity index (χ3v) is 14.5. The summed E-state index contributed by atoms with van der Waals surface area (Å²) in [5.74, 6) is 0. The number of hydrogen-bond acceptors (Lipinski definition) is 5. The fourth-order valence-electron chi connectivity index (χ4n) is 11.2. The van der Waals surface area contributed by atoms with Crippen molar-refractivity contribution >= 4 is 148 Å². The highest BCUT2D eigenvalue weighted by Crippen LogP contribution is 2.45. The molecule has 0 unspecified atom stereocenters. The van der Waals surface area contributed by atoms with Crippen LogP contribution in [0.4, 0.5) is 17.1 Å². The predicted octanol–water partition coefficient (Wildman–Crippen LogP) is 19.0. The highest BCUT2D eigenvalue weighted by Gasteiger charge is 2.21. The van der Waals surface area contributed by atoms with Crippen LogP contribution >= 0.6 is 0 Å². The van der Waals surface area contributed by atoms with Crippen molar-refractivity contribution in [2.24, 2.45) is 0 Å². The Balaban J connectivity index is 0.848. The molecule has 0 atom stereocenters. The van der Waals surface area contributed by atoms with E-state index in [0.29, 0.717) is 0 Å². The summed E-state index contributed by atoms with van der Waals surface area (Å²) in [7, 11) is 0. The predicted molar refractivity (Wildman–Crippen MR) is 286 cm³/mol. The molecule has 0 saturated heterocycles. The summed E-state index contributed by atoms with van der Waals surface area (Å²) < 4.78 is 26.6. The molecule has 0 amide bonds. The molecule has 320 valence electrons. The first kappa shape index (κ1) is 36.8. The van der Waals surface area contributed by atoms with Crippen LogP contribution in [0.15, 0.2) is 230 Å². The molecular formula is C64H35NO4. The van der Waals surface area contributed by atoms with E-state index in [0.717, 1.165) is 143 Å². The Morgan fingerprint density at radius 3 is 1.13 bits per heavy atom. The number of anilines is 3. The van der Waals surface area contributed by atoms with Gasteiger partial charge in [0.2, 0.25) is 0 Å². The maximum Gasteiger partial charge on any atom is 0.147 e. The van der Waals surface area contributed by atoms with Crippen molar-refractivity contribution in [1.29, 1.82) is 0 Å². The monoisotopic (exact) mass is 881 g/mol. The molecule has 0 saturated carbocycles. The Kier molecular flexibility index (Phi) is 7.28. The van der Waals surface area contributed by atoms with Gasteiger partial charge in [0.05, 0.1) is 10.8 Å². The van der Waals surface area contributed by atoms with Gasteiger partial charge in [0.1, 0.15) is 44.7 Å². The smallest absolute Gasteiger partial charge is 0.147 e. The third kappa shape index (κ3) is 5.41. The van der Waals surface area contributed by atoms with Gasteiger partial charge < -0.3 is 22.6 Å². The molecule has 16 rings (SSSR count). The number of nitrogens with zero attached hydrogens (tertiary/aromatic N) is 1. The minimum Gasteiger partial charge on any atom is -0.456 e. The molecule has 69 heavy (non-hydrogen) atoms. The van der Waals surface area contributed by atoms with Crippen LogP contribution in [0.1, 0.15) is 0 Å². The molecule has 5 nitrogen and oxygen atoms in total. The van der Waals surface area contributed by atoms with Gasteiger partial charge in [0.25, 0.3) is 0 Å². The molecule has 0 aliphatic rings. The summed E-state index contributed by atoms with van der Waals surface area (Å²) >= 11 is 0. The van der Waals surface area contributed by atoms with E-state index in [4.69, 9.17) is 17.7 Å². The van der Waals surface area contributed by atoms with E-state index < -0.39 is 0 Å². The second-order valence-corrected chi connectivity index (χ2v) is 18.4. The Bertz CT molecular complexity index is 4570. The standard InChI is InChI=1S/C64H35NO4/c1-2-8-36(9-3-1)37-14-18-46(19-15-37)65(47-20-16-42-30-53-59(34-44(42)26-47)66-55-24-22-49-51-28-38-10-4-6-12-40(38)32-57(51)68-63(49)61(53)55)48-21-17-43-31-54-60(35-45(43)27-48)67-56-25-23-50-52-29-39-11-5-7-13-41(39)33-58(52)69-64(50)62(54)56/h1-35H.